The third-order valence-electron chi connectivity index (χ3n) is 6.72. The van der Waals surface area contributed by atoms with Crippen molar-refractivity contribution >= 4 is 27.8 Å². The zero-order chi connectivity index (χ0) is 26.2. The summed E-state index contributed by atoms with van der Waals surface area (Å²) in [5.41, 5.74) is 5.12. The van der Waals surface area contributed by atoms with Gasteiger partial charge in [0.1, 0.15) is 5.75 Å². The van der Waals surface area contributed by atoms with Crippen molar-refractivity contribution in [2.24, 2.45) is 0 Å². The summed E-state index contributed by atoms with van der Waals surface area (Å²) in [6, 6.07) is 32.4. The molecule has 0 amide bonds. The van der Waals surface area contributed by atoms with Gasteiger partial charge in [0.05, 0.1) is 19.3 Å². The lowest BCUT2D eigenvalue weighted by molar-refractivity contribution is 0.0600. The largest absolute Gasteiger partial charge is 0.494 e. The standard InChI is InChI=1S/C34H31NO3/c1-37-34(36)28-18-20-29(21-19-28)38-24-10-3-2-9-23-35-32-14-8-7-13-30(32)31-25-27(17-22-33(31)35)16-15-26-11-5-4-6-12-26/h4-8,11-14,17-22,25H,2-3,9-10,23-24H2,1H3. The molecule has 38 heavy (non-hydrogen) atoms. The Hall–Kier alpha value is -4.49. The molecule has 190 valence electrons. The second kappa shape index (κ2) is 12.2. The summed E-state index contributed by atoms with van der Waals surface area (Å²) in [5.74, 6) is 7.04. The van der Waals surface area contributed by atoms with Crippen LogP contribution < -0.4 is 4.74 Å². The van der Waals surface area contributed by atoms with Gasteiger partial charge in [-0.1, -0.05) is 61.1 Å². The van der Waals surface area contributed by atoms with Gasteiger partial charge in [0, 0.05) is 39.5 Å². The van der Waals surface area contributed by atoms with Gasteiger partial charge in [0.2, 0.25) is 0 Å². The Kier molecular flexibility index (Phi) is 8.06. The van der Waals surface area contributed by atoms with E-state index >= 15 is 0 Å². The number of rotatable bonds is 9. The van der Waals surface area contributed by atoms with E-state index in [0.717, 1.165) is 49.1 Å². The number of aromatic nitrogens is 1. The molecule has 0 N–H and O–H groups in total. The van der Waals surface area contributed by atoms with E-state index < -0.39 is 0 Å². The molecule has 4 aromatic carbocycles. The number of para-hydroxylation sites is 1. The first-order chi connectivity index (χ1) is 18.7. The Morgan fingerprint density at radius 2 is 1.42 bits per heavy atom. The van der Waals surface area contributed by atoms with Crippen LogP contribution in [0, 0.1) is 11.8 Å². The fourth-order valence-corrected chi connectivity index (χ4v) is 4.76. The summed E-state index contributed by atoms with van der Waals surface area (Å²) >= 11 is 0. The number of hydrogen-bond acceptors (Lipinski definition) is 3. The van der Waals surface area contributed by atoms with Gasteiger partial charge in [-0.3, -0.25) is 0 Å². The average molecular weight is 502 g/mol. The number of nitrogens with zero attached hydrogens (tertiary/aromatic N) is 1. The first kappa shape index (κ1) is 25.2. The SMILES string of the molecule is COC(=O)c1ccc(OCCCCCCn2c3ccccc3c3cc(C#Cc4ccccc4)ccc32)cc1. The normalized spacial score (nSPS) is 10.8. The van der Waals surface area contributed by atoms with E-state index in [1.54, 1.807) is 12.1 Å². The van der Waals surface area contributed by atoms with Crippen molar-refractivity contribution in [3.8, 4) is 17.6 Å². The molecule has 0 saturated heterocycles. The van der Waals surface area contributed by atoms with Gasteiger partial charge in [-0.2, -0.15) is 0 Å². The summed E-state index contributed by atoms with van der Waals surface area (Å²) in [6.45, 7) is 1.65. The fraction of sp³-hybridized carbons (Fsp3) is 0.206. The molecule has 4 heteroatoms. The van der Waals surface area contributed by atoms with Gasteiger partial charge in [-0.05, 0) is 73.5 Å². The number of fused-ring (bicyclic) bond motifs is 3. The number of hydrogen-bond donors (Lipinski definition) is 0. The lowest BCUT2D eigenvalue weighted by atomic mass is 10.1. The van der Waals surface area contributed by atoms with Gasteiger partial charge in [0.25, 0.3) is 0 Å². The van der Waals surface area contributed by atoms with E-state index in [-0.39, 0.29) is 5.97 Å². The number of benzene rings is 4. The first-order valence-electron chi connectivity index (χ1n) is 13.1. The maximum atomic E-state index is 11.5. The molecule has 4 nitrogen and oxygen atoms in total. The minimum Gasteiger partial charge on any atom is -0.494 e. The summed E-state index contributed by atoms with van der Waals surface area (Å²) in [4.78, 5) is 11.5. The van der Waals surface area contributed by atoms with Crippen LogP contribution in [-0.4, -0.2) is 24.3 Å². The third kappa shape index (κ3) is 5.90. The van der Waals surface area contributed by atoms with Crippen LogP contribution in [0.15, 0.2) is 97.1 Å². The molecule has 0 spiro atoms. The highest BCUT2D eigenvalue weighted by molar-refractivity contribution is 6.08. The lowest BCUT2D eigenvalue weighted by Crippen LogP contribution is -2.02. The van der Waals surface area contributed by atoms with Crippen LogP contribution in [0.1, 0.15) is 47.2 Å². The molecule has 0 aliphatic carbocycles. The molecule has 1 heterocycles. The molecule has 5 aromatic rings. The van der Waals surface area contributed by atoms with Gasteiger partial charge in [-0.25, -0.2) is 4.79 Å². The first-order valence-corrected chi connectivity index (χ1v) is 13.1. The zero-order valence-corrected chi connectivity index (χ0v) is 21.7. The van der Waals surface area contributed by atoms with Crippen LogP contribution in [0.3, 0.4) is 0 Å². The molecule has 0 aliphatic rings. The third-order valence-corrected chi connectivity index (χ3v) is 6.72. The molecule has 0 radical (unpaired) electrons. The van der Waals surface area contributed by atoms with Gasteiger partial charge in [-0.15, -0.1) is 0 Å². The van der Waals surface area contributed by atoms with E-state index in [9.17, 15) is 4.79 Å². The fourth-order valence-electron chi connectivity index (χ4n) is 4.76. The van der Waals surface area contributed by atoms with E-state index in [1.165, 1.54) is 28.9 Å². The minimum absolute atomic E-state index is 0.336. The predicted molar refractivity (Wildman–Crippen MR) is 154 cm³/mol. The maximum Gasteiger partial charge on any atom is 0.337 e. The van der Waals surface area contributed by atoms with E-state index in [1.807, 2.05) is 42.5 Å². The number of aryl methyl sites for hydroxylation is 1. The Bertz CT molecular complexity index is 1590. The van der Waals surface area contributed by atoms with Crippen LogP contribution in [0.2, 0.25) is 0 Å². The topological polar surface area (TPSA) is 40.5 Å². The molecule has 0 atom stereocenters. The number of methoxy groups -OCH3 is 1. The Morgan fingerprint density at radius 3 is 2.24 bits per heavy atom. The number of esters is 1. The highest BCUT2D eigenvalue weighted by atomic mass is 16.5. The molecule has 0 aliphatic heterocycles. The quantitative estimate of drug-likeness (QED) is 0.118. The number of carbonyl (C=O) groups is 1. The summed E-state index contributed by atoms with van der Waals surface area (Å²) < 4.78 is 13.0. The van der Waals surface area contributed by atoms with Gasteiger partial charge < -0.3 is 14.0 Å². The van der Waals surface area contributed by atoms with Crippen LogP contribution in [-0.2, 0) is 11.3 Å². The van der Waals surface area contributed by atoms with Crippen molar-refractivity contribution in [2.75, 3.05) is 13.7 Å². The van der Waals surface area contributed by atoms with Crippen LogP contribution >= 0.6 is 0 Å². The molecule has 5 rings (SSSR count). The highest BCUT2D eigenvalue weighted by Gasteiger charge is 2.10. The Balaban J connectivity index is 1.17. The van der Waals surface area contributed by atoms with E-state index in [0.29, 0.717) is 12.2 Å². The second-order valence-electron chi connectivity index (χ2n) is 9.30. The van der Waals surface area contributed by atoms with Crippen molar-refractivity contribution < 1.29 is 14.3 Å². The van der Waals surface area contributed by atoms with Crippen LogP contribution in [0.25, 0.3) is 21.8 Å². The van der Waals surface area contributed by atoms with Crippen molar-refractivity contribution in [1.82, 2.24) is 4.57 Å². The lowest BCUT2D eigenvalue weighted by Gasteiger charge is -2.09. The molecular formula is C34H31NO3. The number of unbranched alkanes of at least 4 members (excludes halogenated alkanes) is 3. The van der Waals surface area contributed by atoms with Crippen molar-refractivity contribution in [3.63, 3.8) is 0 Å². The van der Waals surface area contributed by atoms with Crippen LogP contribution in [0.4, 0.5) is 0 Å². The highest BCUT2D eigenvalue weighted by Crippen LogP contribution is 2.30. The zero-order valence-electron chi connectivity index (χ0n) is 21.7. The number of carbonyl (C=O) groups excluding carboxylic acids is 1. The van der Waals surface area contributed by atoms with Crippen molar-refractivity contribution in [3.05, 3.63) is 114 Å². The van der Waals surface area contributed by atoms with E-state index in [4.69, 9.17) is 9.47 Å². The number of ether oxygens (including phenoxy) is 2. The molecule has 0 unspecified atom stereocenters. The molecule has 0 fully saturated rings. The maximum absolute atomic E-state index is 11.5. The van der Waals surface area contributed by atoms with Crippen molar-refractivity contribution in [1.29, 1.82) is 0 Å². The van der Waals surface area contributed by atoms with Gasteiger partial charge in [0.15, 0.2) is 0 Å². The summed E-state index contributed by atoms with van der Waals surface area (Å²) in [5, 5.41) is 2.53. The Morgan fingerprint density at radius 1 is 0.711 bits per heavy atom. The predicted octanol–water partition coefficient (Wildman–Crippen LogP) is 7.62. The van der Waals surface area contributed by atoms with E-state index in [2.05, 4.69) is 58.9 Å². The second-order valence-corrected chi connectivity index (χ2v) is 9.30. The van der Waals surface area contributed by atoms with Crippen molar-refractivity contribution in [2.45, 2.75) is 32.2 Å². The van der Waals surface area contributed by atoms with Gasteiger partial charge >= 0.3 is 5.97 Å². The summed E-state index contributed by atoms with van der Waals surface area (Å²) in [6.07, 6.45) is 4.35. The summed E-state index contributed by atoms with van der Waals surface area (Å²) in [7, 11) is 1.38. The smallest absolute Gasteiger partial charge is 0.337 e. The molecule has 0 saturated carbocycles. The molecule has 0 bridgehead atoms. The molecule has 1 aromatic heterocycles. The van der Waals surface area contributed by atoms with Crippen LogP contribution in [0.5, 0.6) is 5.75 Å². The molecular weight excluding hydrogens is 470 g/mol. The monoisotopic (exact) mass is 501 g/mol. The minimum atomic E-state index is -0.336. The Labute approximate surface area is 223 Å². The average Bonchev–Trinajstić information content (AvgIpc) is 3.29.